The monoisotopic (exact) mass is 355 g/mol. The van der Waals surface area contributed by atoms with Gasteiger partial charge in [0.1, 0.15) is 4.60 Å². The number of hydrogen-bond acceptors (Lipinski definition) is 3. The Hall–Kier alpha value is -1.40. The standard InChI is InChI=1S/C14H14BrNO3S/c1-10(2)13-11(9-17)8-16(14(13)15)20(18,19)12-6-4-3-5-7-12/h3-10H,1-2H3. The quantitative estimate of drug-likeness (QED) is 0.789. The van der Waals surface area contributed by atoms with E-state index in [2.05, 4.69) is 15.9 Å². The van der Waals surface area contributed by atoms with E-state index < -0.39 is 10.0 Å². The van der Waals surface area contributed by atoms with Crippen molar-refractivity contribution in [1.29, 1.82) is 0 Å². The molecular weight excluding hydrogens is 342 g/mol. The molecule has 2 aromatic rings. The molecule has 6 heteroatoms. The predicted octanol–water partition coefficient (Wildman–Crippen LogP) is 3.42. The van der Waals surface area contributed by atoms with Gasteiger partial charge in [0, 0.05) is 11.8 Å². The Bertz CT molecular complexity index is 733. The van der Waals surface area contributed by atoms with Crippen molar-refractivity contribution in [3.8, 4) is 0 Å². The Morgan fingerprint density at radius 3 is 2.25 bits per heavy atom. The lowest BCUT2D eigenvalue weighted by Crippen LogP contribution is -2.12. The number of aromatic nitrogens is 1. The molecule has 1 aromatic heterocycles. The molecule has 1 heterocycles. The van der Waals surface area contributed by atoms with Crippen LogP contribution in [0.5, 0.6) is 0 Å². The van der Waals surface area contributed by atoms with E-state index in [4.69, 9.17) is 0 Å². The maximum Gasteiger partial charge on any atom is 0.268 e. The van der Waals surface area contributed by atoms with Crippen LogP contribution in [0.1, 0.15) is 35.7 Å². The molecule has 0 aliphatic heterocycles. The summed E-state index contributed by atoms with van der Waals surface area (Å²) in [5, 5.41) is 0. The summed E-state index contributed by atoms with van der Waals surface area (Å²) >= 11 is 3.30. The number of hydrogen-bond donors (Lipinski definition) is 0. The molecule has 1 aromatic carbocycles. The Kier molecular flexibility index (Phi) is 4.15. The van der Waals surface area contributed by atoms with Crippen molar-refractivity contribution >= 4 is 32.2 Å². The third-order valence-electron chi connectivity index (χ3n) is 2.99. The van der Waals surface area contributed by atoms with Gasteiger partial charge in [-0.05, 0) is 39.5 Å². The minimum absolute atomic E-state index is 0.0387. The average molecular weight is 356 g/mol. The summed E-state index contributed by atoms with van der Waals surface area (Å²) in [6.45, 7) is 3.82. The topological polar surface area (TPSA) is 56.1 Å². The molecule has 0 aliphatic carbocycles. The van der Waals surface area contributed by atoms with Gasteiger partial charge in [-0.2, -0.15) is 0 Å². The Morgan fingerprint density at radius 2 is 1.80 bits per heavy atom. The van der Waals surface area contributed by atoms with Crippen molar-refractivity contribution in [3.63, 3.8) is 0 Å². The van der Waals surface area contributed by atoms with Crippen LogP contribution in [0, 0.1) is 0 Å². The summed E-state index contributed by atoms with van der Waals surface area (Å²) in [5.74, 6) is 0.0387. The number of nitrogens with zero attached hydrogens (tertiary/aromatic N) is 1. The largest absolute Gasteiger partial charge is 0.298 e. The second-order valence-electron chi connectivity index (χ2n) is 4.68. The van der Waals surface area contributed by atoms with Gasteiger partial charge in [-0.25, -0.2) is 12.4 Å². The van der Waals surface area contributed by atoms with Gasteiger partial charge in [-0.3, -0.25) is 4.79 Å². The smallest absolute Gasteiger partial charge is 0.268 e. The third-order valence-corrected chi connectivity index (χ3v) is 5.71. The predicted molar refractivity (Wildman–Crippen MR) is 80.6 cm³/mol. The second kappa shape index (κ2) is 5.54. The van der Waals surface area contributed by atoms with Crippen LogP contribution < -0.4 is 0 Å². The average Bonchev–Trinajstić information content (AvgIpc) is 2.77. The molecule has 20 heavy (non-hydrogen) atoms. The first-order chi connectivity index (χ1) is 9.39. The second-order valence-corrected chi connectivity index (χ2v) is 7.24. The lowest BCUT2D eigenvalue weighted by molar-refractivity contribution is 0.112. The van der Waals surface area contributed by atoms with Crippen molar-refractivity contribution < 1.29 is 13.2 Å². The highest BCUT2D eigenvalue weighted by Crippen LogP contribution is 2.32. The van der Waals surface area contributed by atoms with Crippen molar-refractivity contribution in [2.45, 2.75) is 24.7 Å². The summed E-state index contributed by atoms with van der Waals surface area (Å²) in [6, 6.07) is 8.12. The molecule has 0 aliphatic rings. The molecule has 0 bridgehead atoms. The highest BCUT2D eigenvalue weighted by atomic mass is 79.9. The minimum atomic E-state index is -3.70. The zero-order chi connectivity index (χ0) is 14.9. The molecule has 0 saturated heterocycles. The van der Waals surface area contributed by atoms with Crippen LogP contribution >= 0.6 is 15.9 Å². The maximum atomic E-state index is 12.6. The molecule has 0 spiro atoms. The number of carbonyl (C=O) groups excluding carboxylic acids is 1. The highest BCUT2D eigenvalue weighted by molar-refractivity contribution is 9.10. The summed E-state index contributed by atoms with van der Waals surface area (Å²) in [5.41, 5.74) is 1.07. The Morgan fingerprint density at radius 1 is 1.20 bits per heavy atom. The van der Waals surface area contributed by atoms with Crippen LogP contribution in [0.15, 0.2) is 46.0 Å². The lowest BCUT2D eigenvalue weighted by atomic mass is 10.0. The fourth-order valence-corrected chi connectivity index (χ4v) is 4.69. The molecule has 0 amide bonds. The van der Waals surface area contributed by atoms with Crippen LogP contribution in [-0.2, 0) is 10.0 Å². The molecule has 0 atom stereocenters. The third kappa shape index (κ3) is 2.45. The Balaban J connectivity index is 2.68. The van der Waals surface area contributed by atoms with Crippen LogP contribution in [0.4, 0.5) is 0 Å². The van der Waals surface area contributed by atoms with Crippen LogP contribution in [0.3, 0.4) is 0 Å². The normalized spacial score (nSPS) is 11.8. The number of halogens is 1. The van der Waals surface area contributed by atoms with Crippen LogP contribution in [0.25, 0.3) is 0 Å². The maximum absolute atomic E-state index is 12.6. The summed E-state index contributed by atoms with van der Waals surface area (Å²) in [7, 11) is -3.70. The fourth-order valence-electron chi connectivity index (χ4n) is 2.04. The van der Waals surface area contributed by atoms with Crippen molar-refractivity contribution in [1.82, 2.24) is 3.97 Å². The number of rotatable bonds is 4. The molecule has 0 saturated carbocycles. The molecular formula is C14H14BrNO3S. The molecule has 4 nitrogen and oxygen atoms in total. The van der Waals surface area contributed by atoms with E-state index >= 15 is 0 Å². The summed E-state index contributed by atoms with van der Waals surface area (Å²) in [4.78, 5) is 11.3. The summed E-state index contributed by atoms with van der Waals surface area (Å²) < 4.78 is 26.7. The minimum Gasteiger partial charge on any atom is -0.298 e. The van der Waals surface area contributed by atoms with Crippen LogP contribution in [0.2, 0.25) is 0 Å². The zero-order valence-corrected chi connectivity index (χ0v) is 13.5. The lowest BCUT2D eigenvalue weighted by Gasteiger charge is -2.09. The highest BCUT2D eigenvalue weighted by Gasteiger charge is 2.24. The zero-order valence-electron chi connectivity index (χ0n) is 11.1. The SMILES string of the molecule is CC(C)c1c(C=O)cn(S(=O)(=O)c2ccccc2)c1Br. The van der Waals surface area contributed by atoms with E-state index in [1.54, 1.807) is 18.2 Å². The molecule has 106 valence electrons. The molecule has 0 unspecified atom stereocenters. The van der Waals surface area contributed by atoms with Gasteiger partial charge in [0.15, 0.2) is 6.29 Å². The van der Waals surface area contributed by atoms with Crippen molar-refractivity contribution in [2.24, 2.45) is 0 Å². The van der Waals surface area contributed by atoms with Crippen molar-refractivity contribution in [3.05, 3.63) is 52.3 Å². The van der Waals surface area contributed by atoms with Gasteiger partial charge in [0.2, 0.25) is 0 Å². The molecule has 0 radical (unpaired) electrons. The van der Waals surface area contributed by atoms with E-state index in [0.29, 0.717) is 22.0 Å². The van der Waals surface area contributed by atoms with E-state index in [1.165, 1.54) is 18.3 Å². The number of benzene rings is 1. The van der Waals surface area contributed by atoms with Gasteiger partial charge in [0.05, 0.1) is 4.90 Å². The van der Waals surface area contributed by atoms with Gasteiger partial charge in [-0.1, -0.05) is 32.0 Å². The van der Waals surface area contributed by atoms with Crippen molar-refractivity contribution in [2.75, 3.05) is 0 Å². The summed E-state index contributed by atoms with van der Waals surface area (Å²) in [6.07, 6.45) is 2.03. The van der Waals surface area contributed by atoms with Gasteiger partial charge >= 0.3 is 0 Å². The van der Waals surface area contributed by atoms with Crippen LogP contribution in [-0.4, -0.2) is 18.7 Å². The number of carbonyl (C=O) groups is 1. The fraction of sp³-hybridized carbons (Fsp3) is 0.214. The van der Waals surface area contributed by atoms with Gasteiger partial charge < -0.3 is 0 Å². The first kappa shape index (κ1) is 15.0. The van der Waals surface area contributed by atoms with Gasteiger partial charge in [0.25, 0.3) is 10.0 Å². The van der Waals surface area contributed by atoms with E-state index in [-0.39, 0.29) is 10.8 Å². The first-order valence-electron chi connectivity index (χ1n) is 6.06. The number of aldehydes is 1. The van der Waals surface area contributed by atoms with E-state index in [9.17, 15) is 13.2 Å². The molecule has 2 rings (SSSR count). The molecule has 0 fully saturated rings. The Labute approximate surface area is 126 Å². The van der Waals surface area contributed by atoms with E-state index in [1.807, 2.05) is 13.8 Å². The molecule has 0 N–H and O–H groups in total. The van der Waals surface area contributed by atoms with Gasteiger partial charge in [-0.15, -0.1) is 0 Å². The van der Waals surface area contributed by atoms with E-state index in [0.717, 1.165) is 3.97 Å². The first-order valence-corrected chi connectivity index (χ1v) is 8.29.